The van der Waals surface area contributed by atoms with Crippen LogP contribution in [0.1, 0.15) is 24.8 Å². The summed E-state index contributed by atoms with van der Waals surface area (Å²) in [6, 6.07) is 5.16. The Labute approximate surface area is 111 Å². The van der Waals surface area contributed by atoms with E-state index in [2.05, 4.69) is 4.90 Å². The van der Waals surface area contributed by atoms with Crippen molar-refractivity contribution in [3.63, 3.8) is 0 Å². The van der Waals surface area contributed by atoms with Crippen LogP contribution in [0.4, 0.5) is 10.1 Å². The van der Waals surface area contributed by atoms with Crippen molar-refractivity contribution in [3.05, 3.63) is 29.6 Å². The molecule has 1 saturated heterocycles. The number of morpholine rings is 1. The molecule has 19 heavy (non-hydrogen) atoms. The van der Waals surface area contributed by atoms with Gasteiger partial charge in [0.05, 0.1) is 30.0 Å². The molecule has 0 spiro atoms. The Hall–Kier alpha value is -1.62. The van der Waals surface area contributed by atoms with Crippen molar-refractivity contribution in [2.45, 2.75) is 31.4 Å². The fourth-order valence-corrected chi connectivity index (χ4v) is 3.24. The third kappa shape index (κ3) is 2.08. The second-order valence-electron chi connectivity index (χ2n) is 5.15. The van der Waals surface area contributed by atoms with E-state index < -0.39 is 5.82 Å². The first-order chi connectivity index (χ1) is 9.18. The Kier molecular flexibility index (Phi) is 3.14. The van der Waals surface area contributed by atoms with Gasteiger partial charge in [-0.3, -0.25) is 5.41 Å². The van der Waals surface area contributed by atoms with Crippen LogP contribution in [0, 0.1) is 11.2 Å². The lowest BCUT2D eigenvalue weighted by Crippen LogP contribution is -2.49. The van der Waals surface area contributed by atoms with E-state index in [4.69, 9.17) is 15.9 Å². The highest BCUT2D eigenvalue weighted by Crippen LogP contribution is 2.35. The van der Waals surface area contributed by atoms with Crippen LogP contribution in [0.5, 0.6) is 0 Å². The normalized spacial score (nSPS) is 26.3. The molecule has 0 aromatic heterocycles. The first kappa shape index (κ1) is 12.4. The predicted molar refractivity (Wildman–Crippen MR) is 72.1 cm³/mol. The first-order valence-corrected chi connectivity index (χ1v) is 6.69. The van der Waals surface area contributed by atoms with E-state index in [1.807, 2.05) is 6.07 Å². The monoisotopic (exact) mass is 263 g/mol. The van der Waals surface area contributed by atoms with E-state index in [1.165, 1.54) is 6.07 Å². The fraction of sp³-hybridized carbons (Fsp3) is 0.500. The SMILES string of the molecule is N=C(N)c1c(F)cccc1N1CCOC2CCCC21. The van der Waals surface area contributed by atoms with Crippen LogP contribution in [0.2, 0.25) is 0 Å². The van der Waals surface area contributed by atoms with Gasteiger partial charge in [0, 0.05) is 6.54 Å². The standard InChI is InChI=1S/C14H18FN3O/c15-9-3-1-5-11(13(9)14(16)17)18-7-8-19-12-6-2-4-10(12)18/h1,3,5,10,12H,2,4,6-8H2,(H3,16,17). The molecular formula is C14H18FN3O. The smallest absolute Gasteiger partial charge is 0.136 e. The lowest BCUT2D eigenvalue weighted by Gasteiger charge is -2.40. The molecule has 4 nitrogen and oxygen atoms in total. The number of rotatable bonds is 2. The number of nitrogens with one attached hydrogen (secondary N) is 1. The van der Waals surface area contributed by atoms with Gasteiger partial charge in [-0.1, -0.05) is 6.07 Å². The number of hydrogen-bond acceptors (Lipinski definition) is 3. The second kappa shape index (κ2) is 4.81. The molecule has 3 rings (SSSR count). The summed E-state index contributed by atoms with van der Waals surface area (Å²) in [4.78, 5) is 2.17. The van der Waals surface area contributed by atoms with Gasteiger partial charge in [0.2, 0.25) is 0 Å². The minimum atomic E-state index is -0.425. The zero-order valence-electron chi connectivity index (χ0n) is 10.7. The quantitative estimate of drug-likeness (QED) is 0.632. The van der Waals surface area contributed by atoms with Gasteiger partial charge in [-0.25, -0.2) is 4.39 Å². The Balaban J connectivity index is 2.01. The van der Waals surface area contributed by atoms with Gasteiger partial charge in [-0.2, -0.15) is 0 Å². The fourth-order valence-electron chi connectivity index (χ4n) is 3.24. The van der Waals surface area contributed by atoms with Crippen LogP contribution in [-0.2, 0) is 4.74 Å². The lowest BCUT2D eigenvalue weighted by atomic mass is 10.1. The molecule has 1 aliphatic heterocycles. The summed E-state index contributed by atoms with van der Waals surface area (Å²) in [5, 5.41) is 7.60. The number of amidine groups is 1. The largest absolute Gasteiger partial charge is 0.384 e. The number of fused-ring (bicyclic) bond motifs is 1. The molecule has 0 bridgehead atoms. The molecular weight excluding hydrogens is 245 g/mol. The summed E-state index contributed by atoms with van der Waals surface area (Å²) >= 11 is 0. The molecule has 2 atom stereocenters. The second-order valence-corrected chi connectivity index (χ2v) is 5.15. The Morgan fingerprint density at radius 1 is 1.42 bits per heavy atom. The maximum atomic E-state index is 13.9. The van der Waals surface area contributed by atoms with Crippen LogP contribution in [0.3, 0.4) is 0 Å². The highest BCUT2D eigenvalue weighted by Gasteiger charge is 2.37. The third-order valence-electron chi connectivity index (χ3n) is 4.05. The predicted octanol–water partition coefficient (Wildman–Crippen LogP) is 1.87. The zero-order chi connectivity index (χ0) is 13.4. The van der Waals surface area contributed by atoms with E-state index in [9.17, 15) is 4.39 Å². The maximum Gasteiger partial charge on any atom is 0.136 e. The van der Waals surface area contributed by atoms with Gasteiger partial charge in [0.1, 0.15) is 11.7 Å². The topological polar surface area (TPSA) is 62.3 Å². The van der Waals surface area contributed by atoms with Crippen LogP contribution < -0.4 is 10.6 Å². The number of halogens is 1. The minimum Gasteiger partial charge on any atom is -0.384 e. The summed E-state index contributed by atoms with van der Waals surface area (Å²) < 4.78 is 19.7. The molecule has 1 saturated carbocycles. The van der Waals surface area contributed by atoms with Gasteiger partial charge >= 0.3 is 0 Å². The summed E-state index contributed by atoms with van der Waals surface area (Å²) in [5.41, 5.74) is 6.49. The number of nitrogen functional groups attached to an aromatic ring is 1. The molecule has 1 aliphatic carbocycles. The molecule has 1 aromatic rings. The molecule has 1 aromatic carbocycles. The minimum absolute atomic E-state index is 0.214. The molecule has 2 unspecified atom stereocenters. The molecule has 102 valence electrons. The molecule has 2 aliphatic rings. The van der Waals surface area contributed by atoms with E-state index in [-0.39, 0.29) is 23.5 Å². The molecule has 3 N–H and O–H groups in total. The molecule has 0 amide bonds. The van der Waals surface area contributed by atoms with Crippen molar-refractivity contribution in [3.8, 4) is 0 Å². The number of benzene rings is 1. The first-order valence-electron chi connectivity index (χ1n) is 6.69. The third-order valence-corrected chi connectivity index (χ3v) is 4.05. The van der Waals surface area contributed by atoms with Gasteiger partial charge in [0.25, 0.3) is 0 Å². The van der Waals surface area contributed by atoms with Crippen molar-refractivity contribution in [2.75, 3.05) is 18.1 Å². The Bertz CT molecular complexity index is 505. The number of ether oxygens (including phenoxy) is 1. The number of nitrogens with two attached hydrogens (primary N) is 1. The average molecular weight is 263 g/mol. The molecule has 2 fully saturated rings. The zero-order valence-corrected chi connectivity index (χ0v) is 10.7. The number of anilines is 1. The summed E-state index contributed by atoms with van der Waals surface area (Å²) in [6.45, 7) is 1.37. The van der Waals surface area contributed by atoms with Gasteiger partial charge < -0.3 is 15.4 Å². The molecule has 5 heteroatoms. The van der Waals surface area contributed by atoms with Crippen LogP contribution in [-0.4, -0.2) is 31.1 Å². The van der Waals surface area contributed by atoms with Crippen molar-refractivity contribution in [2.24, 2.45) is 5.73 Å². The molecule has 1 heterocycles. The average Bonchev–Trinajstić information content (AvgIpc) is 2.85. The van der Waals surface area contributed by atoms with Crippen LogP contribution >= 0.6 is 0 Å². The van der Waals surface area contributed by atoms with Crippen molar-refractivity contribution in [1.82, 2.24) is 0 Å². The van der Waals surface area contributed by atoms with E-state index >= 15 is 0 Å². The number of nitrogens with zero attached hydrogens (tertiary/aromatic N) is 1. The molecule has 0 radical (unpaired) electrons. The van der Waals surface area contributed by atoms with Gasteiger partial charge in [0.15, 0.2) is 0 Å². The van der Waals surface area contributed by atoms with E-state index in [0.29, 0.717) is 6.61 Å². The van der Waals surface area contributed by atoms with Crippen molar-refractivity contribution in [1.29, 1.82) is 5.41 Å². The highest BCUT2D eigenvalue weighted by molar-refractivity contribution is 6.00. The summed E-state index contributed by atoms with van der Waals surface area (Å²) in [5.74, 6) is -0.639. The summed E-state index contributed by atoms with van der Waals surface area (Å²) in [7, 11) is 0. The lowest BCUT2D eigenvalue weighted by molar-refractivity contribution is 0.0256. The Morgan fingerprint density at radius 3 is 3.05 bits per heavy atom. The van der Waals surface area contributed by atoms with Crippen LogP contribution in [0.25, 0.3) is 0 Å². The number of hydrogen-bond donors (Lipinski definition) is 2. The van der Waals surface area contributed by atoms with Crippen molar-refractivity contribution >= 4 is 11.5 Å². The highest BCUT2D eigenvalue weighted by atomic mass is 19.1. The van der Waals surface area contributed by atoms with Crippen molar-refractivity contribution < 1.29 is 9.13 Å². The van der Waals surface area contributed by atoms with E-state index in [1.54, 1.807) is 6.07 Å². The van der Waals surface area contributed by atoms with Crippen LogP contribution in [0.15, 0.2) is 18.2 Å². The van der Waals surface area contributed by atoms with E-state index in [0.717, 1.165) is 31.5 Å². The maximum absolute atomic E-state index is 13.9. The van der Waals surface area contributed by atoms with Gasteiger partial charge in [-0.15, -0.1) is 0 Å². The summed E-state index contributed by atoms with van der Waals surface area (Å²) in [6.07, 6.45) is 3.48. The van der Waals surface area contributed by atoms with Gasteiger partial charge in [-0.05, 0) is 31.4 Å². The Morgan fingerprint density at radius 2 is 2.26 bits per heavy atom.